The highest BCUT2D eigenvalue weighted by Gasteiger charge is 2.11. The third-order valence-electron chi connectivity index (χ3n) is 3.10. The van der Waals surface area contributed by atoms with Gasteiger partial charge in [0.1, 0.15) is 11.4 Å². The van der Waals surface area contributed by atoms with Crippen LogP contribution >= 0.6 is 0 Å². The van der Waals surface area contributed by atoms with Gasteiger partial charge in [-0.25, -0.2) is 0 Å². The number of ether oxygens (including phenoxy) is 2. The fraction of sp³-hybridized carbons (Fsp3) is 0.375. The number of nitrogens with one attached hydrogen (secondary N) is 1. The molecule has 0 unspecified atom stereocenters. The molecule has 0 spiro atoms. The summed E-state index contributed by atoms with van der Waals surface area (Å²) in [6.45, 7) is 5.03. The van der Waals surface area contributed by atoms with Crippen LogP contribution in [0.5, 0.6) is 5.75 Å². The molecular weight excluding hydrogens is 282 g/mol. The predicted octanol–water partition coefficient (Wildman–Crippen LogP) is 2.03. The van der Waals surface area contributed by atoms with Crippen LogP contribution in [0, 0.1) is 6.92 Å². The van der Waals surface area contributed by atoms with Gasteiger partial charge in [0.25, 0.3) is 5.91 Å². The summed E-state index contributed by atoms with van der Waals surface area (Å²) in [6.07, 6.45) is 0. The Kier molecular flexibility index (Phi) is 5.55. The largest absolute Gasteiger partial charge is 0.468 e. The van der Waals surface area contributed by atoms with Gasteiger partial charge < -0.3 is 14.8 Å². The Morgan fingerprint density at radius 1 is 1.36 bits per heavy atom. The van der Waals surface area contributed by atoms with Gasteiger partial charge in [-0.1, -0.05) is 12.1 Å². The molecule has 1 heterocycles. The summed E-state index contributed by atoms with van der Waals surface area (Å²) in [4.78, 5) is 12.1. The second-order valence-corrected chi connectivity index (χ2v) is 4.88. The van der Waals surface area contributed by atoms with Crippen LogP contribution in [0.2, 0.25) is 0 Å². The first-order chi connectivity index (χ1) is 10.6. The maximum Gasteiger partial charge on any atom is 0.269 e. The second kappa shape index (κ2) is 7.61. The molecule has 0 radical (unpaired) electrons. The van der Waals surface area contributed by atoms with E-state index in [0.29, 0.717) is 18.8 Å². The van der Waals surface area contributed by atoms with Gasteiger partial charge in [0.15, 0.2) is 6.79 Å². The second-order valence-electron chi connectivity index (χ2n) is 4.88. The molecule has 2 aromatic rings. The number of hydrogen-bond donors (Lipinski definition) is 1. The fourth-order valence-electron chi connectivity index (χ4n) is 2.03. The quantitative estimate of drug-likeness (QED) is 0.628. The van der Waals surface area contributed by atoms with Gasteiger partial charge in [-0.05, 0) is 37.6 Å². The van der Waals surface area contributed by atoms with Crippen molar-refractivity contribution in [2.75, 3.05) is 13.4 Å². The molecule has 1 aromatic heterocycles. The first-order valence-electron chi connectivity index (χ1n) is 7.18. The molecule has 0 fully saturated rings. The normalized spacial score (nSPS) is 10.5. The van der Waals surface area contributed by atoms with E-state index in [1.165, 1.54) is 0 Å². The lowest BCUT2D eigenvalue weighted by atomic mass is 10.2. The summed E-state index contributed by atoms with van der Waals surface area (Å²) in [6, 6.07) is 9.32. The molecule has 0 bridgehead atoms. The summed E-state index contributed by atoms with van der Waals surface area (Å²) < 4.78 is 12.2. The Balaban J connectivity index is 1.92. The van der Waals surface area contributed by atoms with Gasteiger partial charge in [-0.3, -0.25) is 9.48 Å². The standard InChI is InChI=1S/C16H21N3O3/c1-4-21-11-22-14-7-5-6-13(9-14)10-17-16(20)15-8-12(2)18-19(15)3/h5-9H,4,10-11H2,1-3H3,(H,17,20). The van der Waals surface area contributed by atoms with Gasteiger partial charge >= 0.3 is 0 Å². The number of rotatable bonds is 7. The summed E-state index contributed by atoms with van der Waals surface area (Å²) in [7, 11) is 1.75. The topological polar surface area (TPSA) is 65.4 Å². The van der Waals surface area contributed by atoms with E-state index in [-0.39, 0.29) is 12.7 Å². The van der Waals surface area contributed by atoms with Crippen molar-refractivity contribution in [2.24, 2.45) is 7.05 Å². The summed E-state index contributed by atoms with van der Waals surface area (Å²) in [5.41, 5.74) is 2.32. The lowest BCUT2D eigenvalue weighted by Gasteiger charge is -2.09. The van der Waals surface area contributed by atoms with Crippen molar-refractivity contribution < 1.29 is 14.3 Å². The Morgan fingerprint density at radius 2 is 2.18 bits per heavy atom. The number of nitrogens with zero attached hydrogens (tertiary/aromatic N) is 2. The monoisotopic (exact) mass is 303 g/mol. The van der Waals surface area contributed by atoms with E-state index in [1.807, 2.05) is 38.1 Å². The van der Waals surface area contributed by atoms with Crippen LogP contribution in [0.4, 0.5) is 0 Å². The van der Waals surface area contributed by atoms with Crippen LogP contribution in [0.15, 0.2) is 30.3 Å². The van der Waals surface area contributed by atoms with Crippen molar-refractivity contribution in [3.05, 3.63) is 47.3 Å². The van der Waals surface area contributed by atoms with E-state index >= 15 is 0 Å². The molecule has 0 atom stereocenters. The summed E-state index contributed by atoms with van der Waals surface area (Å²) in [5.74, 6) is 0.570. The Bertz CT molecular complexity index is 637. The van der Waals surface area contributed by atoms with Crippen LogP contribution in [0.3, 0.4) is 0 Å². The summed E-state index contributed by atoms with van der Waals surface area (Å²) in [5, 5.41) is 7.04. The molecule has 6 heteroatoms. The number of carbonyl (C=O) groups excluding carboxylic acids is 1. The number of aryl methyl sites for hydroxylation is 2. The smallest absolute Gasteiger partial charge is 0.269 e. The van der Waals surface area contributed by atoms with Gasteiger partial charge in [-0.15, -0.1) is 0 Å². The van der Waals surface area contributed by atoms with E-state index in [9.17, 15) is 4.79 Å². The summed E-state index contributed by atoms with van der Waals surface area (Å²) >= 11 is 0. The van der Waals surface area contributed by atoms with Gasteiger partial charge in [0, 0.05) is 20.2 Å². The van der Waals surface area contributed by atoms with Crippen molar-refractivity contribution in [1.82, 2.24) is 15.1 Å². The first-order valence-corrected chi connectivity index (χ1v) is 7.18. The van der Waals surface area contributed by atoms with Gasteiger partial charge in [-0.2, -0.15) is 5.10 Å². The van der Waals surface area contributed by atoms with Crippen LogP contribution in [-0.4, -0.2) is 29.1 Å². The number of amides is 1. The number of hydrogen-bond acceptors (Lipinski definition) is 4. The van der Waals surface area contributed by atoms with Crippen molar-refractivity contribution in [3.63, 3.8) is 0 Å². The molecule has 22 heavy (non-hydrogen) atoms. The van der Waals surface area contributed by atoms with Crippen LogP contribution in [0.1, 0.15) is 28.7 Å². The maximum atomic E-state index is 12.1. The van der Waals surface area contributed by atoms with Crippen LogP contribution < -0.4 is 10.1 Å². The lowest BCUT2D eigenvalue weighted by Crippen LogP contribution is -2.25. The van der Waals surface area contributed by atoms with Crippen molar-refractivity contribution >= 4 is 5.91 Å². The molecule has 0 saturated carbocycles. The third kappa shape index (κ3) is 4.33. The molecule has 1 aromatic carbocycles. The first kappa shape index (κ1) is 16.0. The average Bonchev–Trinajstić information content (AvgIpc) is 2.84. The van der Waals surface area contributed by atoms with E-state index in [0.717, 1.165) is 17.0 Å². The maximum absolute atomic E-state index is 12.1. The Labute approximate surface area is 130 Å². The lowest BCUT2D eigenvalue weighted by molar-refractivity contribution is 0.0223. The minimum Gasteiger partial charge on any atom is -0.468 e. The average molecular weight is 303 g/mol. The fourth-order valence-corrected chi connectivity index (χ4v) is 2.03. The van der Waals surface area contributed by atoms with E-state index in [1.54, 1.807) is 17.8 Å². The molecule has 0 aliphatic heterocycles. The van der Waals surface area contributed by atoms with Gasteiger partial charge in [0.2, 0.25) is 0 Å². The highest BCUT2D eigenvalue weighted by molar-refractivity contribution is 5.92. The number of carbonyl (C=O) groups is 1. The van der Waals surface area contributed by atoms with E-state index in [2.05, 4.69) is 10.4 Å². The SMILES string of the molecule is CCOCOc1cccc(CNC(=O)c2cc(C)nn2C)c1. The highest BCUT2D eigenvalue weighted by atomic mass is 16.7. The molecule has 1 amide bonds. The minimum absolute atomic E-state index is 0.149. The zero-order valence-corrected chi connectivity index (χ0v) is 13.1. The predicted molar refractivity (Wildman–Crippen MR) is 82.7 cm³/mol. The molecule has 1 N–H and O–H groups in total. The zero-order valence-electron chi connectivity index (χ0n) is 13.1. The molecular formula is C16H21N3O3. The molecule has 6 nitrogen and oxygen atoms in total. The van der Waals surface area contributed by atoms with Gasteiger partial charge in [0.05, 0.1) is 5.69 Å². The van der Waals surface area contributed by atoms with Crippen molar-refractivity contribution in [2.45, 2.75) is 20.4 Å². The molecule has 0 aliphatic rings. The van der Waals surface area contributed by atoms with Crippen LogP contribution in [0.25, 0.3) is 0 Å². The number of benzene rings is 1. The Hall–Kier alpha value is -2.34. The number of aromatic nitrogens is 2. The molecule has 2 rings (SSSR count). The Morgan fingerprint density at radius 3 is 2.86 bits per heavy atom. The van der Waals surface area contributed by atoms with Crippen molar-refractivity contribution in [3.8, 4) is 5.75 Å². The minimum atomic E-state index is -0.149. The van der Waals surface area contributed by atoms with Crippen LogP contribution in [-0.2, 0) is 18.3 Å². The van der Waals surface area contributed by atoms with E-state index < -0.39 is 0 Å². The molecule has 118 valence electrons. The van der Waals surface area contributed by atoms with Crippen molar-refractivity contribution in [1.29, 1.82) is 0 Å². The molecule has 0 saturated heterocycles. The third-order valence-corrected chi connectivity index (χ3v) is 3.10. The highest BCUT2D eigenvalue weighted by Crippen LogP contribution is 2.13. The van der Waals surface area contributed by atoms with E-state index in [4.69, 9.17) is 9.47 Å². The molecule has 0 aliphatic carbocycles. The zero-order chi connectivity index (χ0) is 15.9.